The van der Waals surface area contributed by atoms with Crippen molar-refractivity contribution in [1.82, 2.24) is 0 Å². The highest BCUT2D eigenvalue weighted by Gasteiger charge is 2.34. The van der Waals surface area contributed by atoms with E-state index in [2.05, 4.69) is 10.8 Å². The van der Waals surface area contributed by atoms with Gasteiger partial charge in [0.25, 0.3) is 0 Å². The number of hydrogen-bond donors (Lipinski definition) is 0. The van der Waals surface area contributed by atoms with Gasteiger partial charge in [0.2, 0.25) is 0 Å². The quantitative estimate of drug-likeness (QED) is 0.150. The Hall–Kier alpha value is -5.37. The van der Waals surface area contributed by atoms with Crippen LogP contribution >= 0.6 is 0 Å². The number of carbonyl (C=O) groups is 5. The molecule has 0 amide bonds. The number of carbonyl (C=O) groups excluding carboxylic acids is 5. The fraction of sp³-hybridized carbons (Fsp3) is 0.171. The Balaban J connectivity index is 1.38. The molecule has 43 heavy (non-hydrogen) atoms. The second-order valence-electron chi connectivity index (χ2n) is 10.9. The van der Waals surface area contributed by atoms with E-state index in [-0.39, 0.29) is 27.8 Å². The van der Waals surface area contributed by atoms with Gasteiger partial charge in [0.1, 0.15) is 5.75 Å². The Labute approximate surface area is 247 Å². The molecule has 4 aromatic rings. The lowest BCUT2D eigenvalue weighted by Gasteiger charge is -2.22. The number of fused-ring (bicyclic) bond motifs is 2. The van der Waals surface area contributed by atoms with E-state index in [1.807, 2.05) is 53.7 Å². The molecular weight excluding hydrogens is 548 g/mol. The fourth-order valence-corrected chi connectivity index (χ4v) is 5.98. The van der Waals surface area contributed by atoms with Gasteiger partial charge in [-0.2, -0.15) is 0 Å². The molecule has 0 bridgehead atoms. The first-order valence-electron chi connectivity index (χ1n) is 13.6. The van der Waals surface area contributed by atoms with Gasteiger partial charge in [0.05, 0.1) is 27.8 Å². The number of benzene rings is 4. The van der Waals surface area contributed by atoms with Gasteiger partial charge < -0.3 is 14.2 Å². The van der Waals surface area contributed by atoms with Gasteiger partial charge in [-0.05, 0) is 128 Å². The molecule has 0 fully saturated rings. The molecule has 8 heteroatoms. The highest BCUT2D eigenvalue weighted by atomic mass is 16.6. The zero-order chi connectivity index (χ0) is 30.9. The topological polar surface area (TPSA) is 113 Å². The second kappa shape index (κ2) is 9.87. The predicted octanol–water partition coefficient (Wildman–Crippen LogP) is 6.71. The van der Waals surface area contributed by atoms with Crippen LogP contribution in [0.4, 0.5) is 0 Å². The molecule has 2 aliphatic heterocycles. The first kappa shape index (κ1) is 27.8. The number of rotatable bonds is 4. The summed E-state index contributed by atoms with van der Waals surface area (Å²) in [5.74, 6) is -3.06. The smallest absolute Gasteiger partial charge is 0.347 e. The number of hydrogen-bond acceptors (Lipinski definition) is 8. The summed E-state index contributed by atoms with van der Waals surface area (Å²) in [4.78, 5) is 61.5. The number of aryl methyl sites for hydroxylation is 2. The van der Waals surface area contributed by atoms with E-state index >= 15 is 0 Å². The SMILES string of the molecule is Cc1cc(-c2cc(C)c(-c3cccc4c3C(=O)OC4=O)c(C)c2C)c(C)c(C)c1OC(=O)c1ccc2c(c1)C(=O)OC2=O. The Kier molecular flexibility index (Phi) is 6.38. The number of esters is 5. The van der Waals surface area contributed by atoms with Crippen molar-refractivity contribution in [1.29, 1.82) is 0 Å². The van der Waals surface area contributed by atoms with Crippen molar-refractivity contribution in [3.8, 4) is 28.0 Å². The summed E-state index contributed by atoms with van der Waals surface area (Å²) in [6.07, 6.45) is 0. The molecule has 2 aliphatic rings. The van der Waals surface area contributed by atoms with E-state index in [0.29, 0.717) is 11.3 Å². The third-order valence-electron chi connectivity index (χ3n) is 8.43. The van der Waals surface area contributed by atoms with Gasteiger partial charge in [-0.15, -0.1) is 0 Å². The molecule has 6 rings (SSSR count). The van der Waals surface area contributed by atoms with Crippen molar-refractivity contribution in [3.05, 3.63) is 110 Å². The van der Waals surface area contributed by atoms with Gasteiger partial charge in [0, 0.05) is 0 Å². The minimum absolute atomic E-state index is 0.0352. The maximum Gasteiger partial charge on any atom is 0.347 e. The Bertz CT molecular complexity index is 2000. The number of ether oxygens (including phenoxy) is 3. The van der Waals surface area contributed by atoms with Gasteiger partial charge in [-0.3, -0.25) is 0 Å². The van der Waals surface area contributed by atoms with E-state index in [0.717, 1.165) is 50.1 Å². The Morgan fingerprint density at radius 2 is 1.12 bits per heavy atom. The summed E-state index contributed by atoms with van der Waals surface area (Å²) in [5, 5.41) is 0. The van der Waals surface area contributed by atoms with Crippen LogP contribution in [-0.2, 0) is 9.47 Å². The van der Waals surface area contributed by atoms with E-state index in [9.17, 15) is 24.0 Å². The lowest BCUT2D eigenvalue weighted by Crippen LogP contribution is -2.12. The minimum atomic E-state index is -0.792. The molecule has 0 saturated heterocycles. The summed E-state index contributed by atoms with van der Waals surface area (Å²) in [6, 6.07) is 13.3. The average molecular weight is 575 g/mol. The van der Waals surface area contributed by atoms with Crippen LogP contribution in [0.5, 0.6) is 5.75 Å². The van der Waals surface area contributed by atoms with Crippen molar-refractivity contribution in [3.63, 3.8) is 0 Å². The molecule has 0 atom stereocenters. The van der Waals surface area contributed by atoms with Crippen LogP contribution in [0.2, 0.25) is 0 Å². The number of cyclic esters (lactones) is 4. The van der Waals surface area contributed by atoms with Crippen molar-refractivity contribution >= 4 is 29.8 Å². The molecule has 0 aromatic heterocycles. The molecular formula is C35H26O8. The van der Waals surface area contributed by atoms with Crippen molar-refractivity contribution in [2.24, 2.45) is 0 Å². The molecule has 214 valence electrons. The van der Waals surface area contributed by atoms with E-state index in [1.165, 1.54) is 18.2 Å². The minimum Gasteiger partial charge on any atom is -0.422 e. The molecule has 8 nitrogen and oxygen atoms in total. The standard InChI is InChI=1S/C35H26O8/c1-15-12-25(17(3)19(5)28(15)23-8-7-9-24-29(23)35(40)43-33(24)38)26-13-16(2)30(20(6)18(26)4)41-31(36)21-10-11-22-27(14-21)34(39)42-32(22)37/h7-14H,1-6H3. The average Bonchev–Trinajstić information content (AvgIpc) is 3.43. The zero-order valence-corrected chi connectivity index (χ0v) is 24.4. The van der Waals surface area contributed by atoms with E-state index in [4.69, 9.17) is 9.47 Å². The van der Waals surface area contributed by atoms with Crippen LogP contribution in [0.25, 0.3) is 22.3 Å². The Morgan fingerprint density at radius 3 is 1.84 bits per heavy atom. The summed E-state index contributed by atoms with van der Waals surface area (Å²) < 4.78 is 15.3. The Morgan fingerprint density at radius 1 is 0.535 bits per heavy atom. The monoisotopic (exact) mass is 574 g/mol. The van der Waals surface area contributed by atoms with Crippen LogP contribution < -0.4 is 4.74 Å². The normalized spacial score (nSPS) is 13.5. The first-order chi connectivity index (χ1) is 20.4. The summed E-state index contributed by atoms with van der Waals surface area (Å²) in [7, 11) is 0. The molecule has 0 radical (unpaired) electrons. The van der Waals surface area contributed by atoms with Gasteiger partial charge in [0.15, 0.2) is 0 Å². The van der Waals surface area contributed by atoms with Crippen LogP contribution in [0.3, 0.4) is 0 Å². The molecule has 0 saturated carbocycles. The highest BCUT2D eigenvalue weighted by Crippen LogP contribution is 2.42. The molecule has 4 aromatic carbocycles. The first-order valence-corrected chi connectivity index (χ1v) is 13.6. The third kappa shape index (κ3) is 4.25. The third-order valence-corrected chi connectivity index (χ3v) is 8.43. The summed E-state index contributed by atoms with van der Waals surface area (Å²) >= 11 is 0. The maximum atomic E-state index is 13.1. The van der Waals surface area contributed by atoms with Crippen LogP contribution in [0, 0.1) is 41.5 Å². The van der Waals surface area contributed by atoms with Crippen molar-refractivity contribution < 1.29 is 38.2 Å². The lowest BCUT2D eigenvalue weighted by atomic mass is 9.83. The molecule has 0 aliphatic carbocycles. The molecule has 0 N–H and O–H groups in total. The summed E-state index contributed by atoms with van der Waals surface area (Å²) in [6.45, 7) is 11.7. The lowest BCUT2D eigenvalue weighted by molar-refractivity contribution is 0.0426. The molecule has 0 unspecified atom stereocenters. The molecule has 2 heterocycles. The highest BCUT2D eigenvalue weighted by molar-refractivity contribution is 6.18. The van der Waals surface area contributed by atoms with Crippen LogP contribution in [0.1, 0.15) is 85.2 Å². The van der Waals surface area contributed by atoms with E-state index < -0.39 is 29.8 Å². The predicted molar refractivity (Wildman–Crippen MR) is 157 cm³/mol. The van der Waals surface area contributed by atoms with Crippen molar-refractivity contribution in [2.75, 3.05) is 0 Å². The van der Waals surface area contributed by atoms with Crippen molar-refractivity contribution in [2.45, 2.75) is 41.5 Å². The van der Waals surface area contributed by atoms with Gasteiger partial charge in [-0.1, -0.05) is 18.2 Å². The van der Waals surface area contributed by atoms with Gasteiger partial charge in [-0.25, -0.2) is 24.0 Å². The van der Waals surface area contributed by atoms with Gasteiger partial charge >= 0.3 is 29.8 Å². The summed E-state index contributed by atoms with van der Waals surface area (Å²) in [5.41, 5.74) is 9.66. The van der Waals surface area contributed by atoms with E-state index in [1.54, 1.807) is 12.1 Å². The zero-order valence-electron chi connectivity index (χ0n) is 24.4. The van der Waals surface area contributed by atoms with Crippen LogP contribution in [-0.4, -0.2) is 29.8 Å². The maximum absolute atomic E-state index is 13.1. The van der Waals surface area contributed by atoms with Crippen LogP contribution in [0.15, 0.2) is 48.5 Å². The molecule has 0 spiro atoms. The fourth-order valence-electron chi connectivity index (χ4n) is 5.98. The second-order valence-corrected chi connectivity index (χ2v) is 10.9. The largest absolute Gasteiger partial charge is 0.422 e.